The van der Waals surface area contributed by atoms with Gasteiger partial charge in [0.1, 0.15) is 0 Å². The summed E-state index contributed by atoms with van der Waals surface area (Å²) in [5.74, 6) is 4.31. The molecular weight excluding hydrogens is 226 g/mol. The second-order valence-corrected chi connectivity index (χ2v) is 6.85. The van der Waals surface area contributed by atoms with Crippen LogP contribution in [0.2, 0.25) is 0 Å². The zero-order valence-corrected chi connectivity index (χ0v) is 11.3. The van der Waals surface area contributed by atoms with E-state index in [4.69, 9.17) is 5.73 Å². The first kappa shape index (κ1) is 11.5. The van der Waals surface area contributed by atoms with Crippen LogP contribution in [-0.4, -0.2) is 5.75 Å². The van der Waals surface area contributed by atoms with E-state index in [2.05, 4.69) is 25.1 Å². The van der Waals surface area contributed by atoms with Crippen LogP contribution in [0, 0.1) is 24.7 Å². The number of anilines is 1. The number of thioether (sulfide) groups is 1. The molecule has 2 saturated carbocycles. The summed E-state index contributed by atoms with van der Waals surface area (Å²) in [5, 5.41) is 0. The Balaban J connectivity index is 1.60. The smallest absolute Gasteiger partial charge is 0.0454 e. The molecule has 2 aliphatic rings. The molecule has 0 spiro atoms. The second-order valence-electron chi connectivity index (χ2n) is 5.79. The maximum Gasteiger partial charge on any atom is 0.0454 e. The fraction of sp³-hybridized carbons (Fsp3) is 0.600. The van der Waals surface area contributed by atoms with E-state index in [1.54, 1.807) is 0 Å². The van der Waals surface area contributed by atoms with Gasteiger partial charge in [-0.1, -0.05) is 12.5 Å². The first-order chi connectivity index (χ1) is 8.22. The van der Waals surface area contributed by atoms with Crippen molar-refractivity contribution in [2.75, 3.05) is 11.5 Å². The molecule has 2 heteroatoms. The number of hydrogen-bond acceptors (Lipinski definition) is 2. The molecule has 92 valence electrons. The van der Waals surface area contributed by atoms with Gasteiger partial charge in [0.05, 0.1) is 0 Å². The summed E-state index contributed by atoms with van der Waals surface area (Å²) in [4.78, 5) is 1.28. The van der Waals surface area contributed by atoms with E-state index < -0.39 is 0 Å². The molecule has 2 bridgehead atoms. The second kappa shape index (κ2) is 4.56. The van der Waals surface area contributed by atoms with Crippen molar-refractivity contribution in [1.29, 1.82) is 0 Å². The first-order valence-electron chi connectivity index (χ1n) is 6.71. The van der Waals surface area contributed by atoms with Crippen LogP contribution < -0.4 is 5.73 Å². The molecule has 17 heavy (non-hydrogen) atoms. The predicted octanol–water partition coefficient (Wildman–Crippen LogP) is 4.11. The molecule has 0 aliphatic heterocycles. The molecule has 1 nitrogen and oxygen atoms in total. The topological polar surface area (TPSA) is 26.0 Å². The van der Waals surface area contributed by atoms with E-state index in [0.29, 0.717) is 0 Å². The van der Waals surface area contributed by atoms with Gasteiger partial charge in [-0.2, -0.15) is 0 Å². The first-order valence-corrected chi connectivity index (χ1v) is 7.70. The summed E-state index contributed by atoms with van der Waals surface area (Å²) in [5.41, 5.74) is 8.27. The molecule has 2 fully saturated rings. The maximum atomic E-state index is 6.06. The standard InChI is InChI=1S/C15H21NS/c1-10-2-5-15(14(16)6-10)17-9-13-8-11-3-4-12(13)7-11/h2,5-6,11-13H,3-4,7-9,16H2,1H3. The molecule has 0 heterocycles. The van der Waals surface area contributed by atoms with Gasteiger partial charge in [0, 0.05) is 16.3 Å². The van der Waals surface area contributed by atoms with E-state index in [1.807, 2.05) is 11.8 Å². The van der Waals surface area contributed by atoms with Crippen molar-refractivity contribution in [3.05, 3.63) is 23.8 Å². The van der Waals surface area contributed by atoms with E-state index in [1.165, 1.54) is 41.9 Å². The summed E-state index contributed by atoms with van der Waals surface area (Å²) >= 11 is 1.97. The molecule has 2 N–H and O–H groups in total. The third-order valence-electron chi connectivity index (χ3n) is 4.50. The van der Waals surface area contributed by atoms with Gasteiger partial charge in [-0.25, -0.2) is 0 Å². The predicted molar refractivity (Wildman–Crippen MR) is 75.3 cm³/mol. The van der Waals surface area contributed by atoms with Crippen LogP contribution in [0.3, 0.4) is 0 Å². The van der Waals surface area contributed by atoms with Crippen molar-refractivity contribution in [2.45, 2.75) is 37.5 Å². The zero-order valence-electron chi connectivity index (χ0n) is 10.5. The molecule has 3 rings (SSSR count). The normalized spacial score (nSPS) is 31.0. The lowest BCUT2D eigenvalue weighted by Gasteiger charge is -2.21. The number of hydrogen-bond donors (Lipinski definition) is 1. The van der Waals surface area contributed by atoms with Crippen LogP contribution in [0.4, 0.5) is 5.69 Å². The van der Waals surface area contributed by atoms with E-state index in [0.717, 1.165) is 23.4 Å². The highest BCUT2D eigenvalue weighted by atomic mass is 32.2. The number of aryl methyl sites for hydroxylation is 1. The van der Waals surface area contributed by atoms with Crippen LogP contribution in [0.5, 0.6) is 0 Å². The third kappa shape index (κ3) is 2.33. The fourth-order valence-corrected chi connectivity index (χ4v) is 4.77. The lowest BCUT2D eigenvalue weighted by Crippen LogP contribution is -2.12. The number of fused-ring (bicyclic) bond motifs is 2. The Labute approximate surface area is 108 Å². The van der Waals surface area contributed by atoms with Crippen LogP contribution >= 0.6 is 11.8 Å². The third-order valence-corrected chi connectivity index (χ3v) is 5.78. The molecule has 1 aromatic rings. The van der Waals surface area contributed by atoms with E-state index >= 15 is 0 Å². The molecule has 2 aliphatic carbocycles. The Morgan fingerprint density at radius 3 is 2.82 bits per heavy atom. The zero-order chi connectivity index (χ0) is 11.8. The van der Waals surface area contributed by atoms with Gasteiger partial charge in [-0.3, -0.25) is 0 Å². The van der Waals surface area contributed by atoms with Gasteiger partial charge in [-0.15, -0.1) is 11.8 Å². The van der Waals surface area contributed by atoms with Gasteiger partial charge >= 0.3 is 0 Å². The Morgan fingerprint density at radius 2 is 2.18 bits per heavy atom. The Kier molecular flexibility index (Phi) is 3.08. The Morgan fingerprint density at radius 1 is 1.29 bits per heavy atom. The van der Waals surface area contributed by atoms with E-state index in [9.17, 15) is 0 Å². The van der Waals surface area contributed by atoms with Gasteiger partial charge in [0.2, 0.25) is 0 Å². The SMILES string of the molecule is Cc1ccc(SCC2CC3CCC2C3)c(N)c1. The van der Waals surface area contributed by atoms with Crippen LogP contribution in [-0.2, 0) is 0 Å². The summed E-state index contributed by atoms with van der Waals surface area (Å²) in [7, 11) is 0. The minimum Gasteiger partial charge on any atom is -0.398 e. The van der Waals surface area contributed by atoms with Crippen molar-refractivity contribution < 1.29 is 0 Å². The molecule has 0 aromatic heterocycles. The van der Waals surface area contributed by atoms with Gasteiger partial charge in [-0.05, 0) is 61.6 Å². The largest absolute Gasteiger partial charge is 0.398 e. The highest BCUT2D eigenvalue weighted by Gasteiger charge is 2.39. The lowest BCUT2D eigenvalue weighted by atomic mass is 9.90. The average Bonchev–Trinajstić information content (AvgIpc) is 2.89. The van der Waals surface area contributed by atoms with Gasteiger partial charge in [0.25, 0.3) is 0 Å². The number of benzene rings is 1. The van der Waals surface area contributed by atoms with Crippen LogP contribution in [0.1, 0.15) is 31.2 Å². The van der Waals surface area contributed by atoms with Gasteiger partial charge < -0.3 is 5.73 Å². The molecule has 0 amide bonds. The van der Waals surface area contributed by atoms with Crippen molar-refractivity contribution in [2.24, 2.45) is 17.8 Å². The van der Waals surface area contributed by atoms with Crippen molar-refractivity contribution >= 4 is 17.4 Å². The molecule has 0 radical (unpaired) electrons. The maximum absolute atomic E-state index is 6.06. The monoisotopic (exact) mass is 247 g/mol. The Bertz CT molecular complexity index is 415. The molecule has 3 unspecified atom stereocenters. The van der Waals surface area contributed by atoms with Crippen molar-refractivity contribution in [3.8, 4) is 0 Å². The van der Waals surface area contributed by atoms with Gasteiger partial charge in [0.15, 0.2) is 0 Å². The van der Waals surface area contributed by atoms with Crippen LogP contribution in [0.15, 0.2) is 23.1 Å². The fourth-order valence-electron chi connectivity index (χ4n) is 3.58. The lowest BCUT2D eigenvalue weighted by molar-refractivity contribution is 0.365. The van der Waals surface area contributed by atoms with Crippen LogP contribution in [0.25, 0.3) is 0 Å². The van der Waals surface area contributed by atoms with Crippen molar-refractivity contribution in [3.63, 3.8) is 0 Å². The summed E-state index contributed by atoms with van der Waals surface area (Å²) < 4.78 is 0. The minimum atomic E-state index is 0.957. The quantitative estimate of drug-likeness (QED) is 0.642. The summed E-state index contributed by atoms with van der Waals surface area (Å²) in [6, 6.07) is 6.44. The van der Waals surface area contributed by atoms with Crippen molar-refractivity contribution in [1.82, 2.24) is 0 Å². The average molecular weight is 247 g/mol. The highest BCUT2D eigenvalue weighted by Crippen LogP contribution is 2.49. The molecule has 0 saturated heterocycles. The highest BCUT2D eigenvalue weighted by molar-refractivity contribution is 7.99. The Hall–Kier alpha value is -0.630. The summed E-state index contributed by atoms with van der Waals surface area (Å²) in [6.45, 7) is 2.10. The number of nitrogen functional groups attached to an aromatic ring is 1. The summed E-state index contributed by atoms with van der Waals surface area (Å²) in [6.07, 6.45) is 5.97. The molecule has 1 aromatic carbocycles. The minimum absolute atomic E-state index is 0.957. The molecule has 3 atom stereocenters. The number of nitrogens with two attached hydrogens (primary N) is 1. The number of rotatable bonds is 3. The molecular formula is C15H21NS. The van der Waals surface area contributed by atoms with E-state index in [-0.39, 0.29) is 0 Å².